The standard InChI is InChI=1S/C21H22FN3O4/c22-15-1-2-18-16(9-15)17(10-19(26)24-18)21(28)25-6-3-13(4-7-25)11-23-20(27)14-5-8-29-12-14/h1-2,5,8-9,12-13,17H,3-4,6-7,10-11H2,(H,23,27)(H,24,26). The van der Waals surface area contributed by atoms with Gasteiger partial charge in [0.2, 0.25) is 11.8 Å². The molecule has 1 aromatic carbocycles. The van der Waals surface area contributed by atoms with Crippen LogP contribution in [0.3, 0.4) is 0 Å². The number of furan rings is 1. The topological polar surface area (TPSA) is 91.7 Å². The van der Waals surface area contributed by atoms with Gasteiger partial charge in [-0.05, 0) is 48.6 Å². The predicted octanol–water partition coefficient (Wildman–Crippen LogP) is 2.51. The molecule has 1 fully saturated rings. The molecule has 0 spiro atoms. The third-order valence-corrected chi connectivity index (χ3v) is 5.61. The number of carbonyl (C=O) groups is 3. The number of nitrogens with one attached hydrogen (secondary N) is 2. The van der Waals surface area contributed by atoms with E-state index in [0.717, 1.165) is 12.8 Å². The molecular formula is C21H22FN3O4. The lowest BCUT2D eigenvalue weighted by Crippen LogP contribution is -2.44. The molecule has 1 saturated heterocycles. The van der Waals surface area contributed by atoms with Crippen LogP contribution in [0, 0.1) is 11.7 Å². The zero-order valence-electron chi connectivity index (χ0n) is 15.8. The maximum absolute atomic E-state index is 13.7. The second-order valence-corrected chi connectivity index (χ2v) is 7.53. The molecule has 3 amide bonds. The van der Waals surface area contributed by atoms with E-state index in [1.165, 1.54) is 30.7 Å². The number of piperidine rings is 1. The first-order valence-electron chi connectivity index (χ1n) is 9.69. The number of carbonyl (C=O) groups excluding carboxylic acids is 3. The van der Waals surface area contributed by atoms with Crippen LogP contribution in [0.5, 0.6) is 0 Å². The van der Waals surface area contributed by atoms with E-state index in [0.29, 0.717) is 36.4 Å². The van der Waals surface area contributed by atoms with Gasteiger partial charge >= 0.3 is 0 Å². The Kier molecular flexibility index (Phi) is 5.33. The van der Waals surface area contributed by atoms with Crippen LogP contribution in [0.25, 0.3) is 0 Å². The van der Waals surface area contributed by atoms with Gasteiger partial charge in [0.25, 0.3) is 5.91 Å². The van der Waals surface area contributed by atoms with Gasteiger partial charge in [-0.25, -0.2) is 4.39 Å². The van der Waals surface area contributed by atoms with Crippen molar-refractivity contribution in [3.8, 4) is 0 Å². The highest BCUT2D eigenvalue weighted by Gasteiger charge is 2.35. The highest BCUT2D eigenvalue weighted by atomic mass is 19.1. The Morgan fingerprint density at radius 1 is 1.24 bits per heavy atom. The van der Waals surface area contributed by atoms with E-state index in [2.05, 4.69) is 10.6 Å². The van der Waals surface area contributed by atoms with Gasteiger partial charge in [0.1, 0.15) is 12.1 Å². The minimum atomic E-state index is -0.660. The van der Waals surface area contributed by atoms with Gasteiger partial charge in [-0.2, -0.15) is 0 Å². The number of hydrogen-bond acceptors (Lipinski definition) is 4. The van der Waals surface area contributed by atoms with Crippen molar-refractivity contribution in [3.63, 3.8) is 0 Å². The van der Waals surface area contributed by atoms with Crippen LogP contribution in [-0.2, 0) is 9.59 Å². The number of halogens is 1. The Bertz CT molecular complexity index is 920. The fraction of sp³-hybridized carbons (Fsp3) is 0.381. The van der Waals surface area contributed by atoms with Crippen molar-refractivity contribution < 1.29 is 23.2 Å². The van der Waals surface area contributed by atoms with Gasteiger partial charge in [0.15, 0.2) is 0 Å². The Labute approximate surface area is 167 Å². The Hall–Kier alpha value is -3.16. The number of rotatable bonds is 4. The van der Waals surface area contributed by atoms with Crippen molar-refractivity contribution >= 4 is 23.4 Å². The summed E-state index contributed by atoms with van der Waals surface area (Å²) in [6.45, 7) is 1.63. The number of nitrogens with zero attached hydrogens (tertiary/aromatic N) is 1. The van der Waals surface area contributed by atoms with Crippen LogP contribution in [0.1, 0.15) is 41.1 Å². The van der Waals surface area contributed by atoms with Crippen LogP contribution < -0.4 is 10.6 Å². The van der Waals surface area contributed by atoms with E-state index < -0.39 is 11.7 Å². The smallest absolute Gasteiger partial charge is 0.254 e. The average molecular weight is 399 g/mol. The lowest BCUT2D eigenvalue weighted by molar-refractivity contribution is -0.136. The van der Waals surface area contributed by atoms with Gasteiger partial charge in [-0.1, -0.05) is 0 Å². The normalized spacial score (nSPS) is 19.4. The maximum atomic E-state index is 13.7. The van der Waals surface area contributed by atoms with E-state index in [-0.39, 0.29) is 30.1 Å². The zero-order valence-corrected chi connectivity index (χ0v) is 15.8. The highest BCUT2D eigenvalue weighted by Crippen LogP contribution is 2.35. The summed E-state index contributed by atoms with van der Waals surface area (Å²) in [5.74, 6) is -1.37. The molecule has 0 saturated carbocycles. The minimum Gasteiger partial charge on any atom is -0.472 e. The molecule has 2 aliphatic rings. The second-order valence-electron chi connectivity index (χ2n) is 7.53. The lowest BCUT2D eigenvalue weighted by atomic mass is 9.88. The SMILES string of the molecule is O=C1CC(C(=O)N2CCC(CNC(=O)c3ccoc3)CC2)c2cc(F)ccc2N1. The first kappa shape index (κ1) is 19.2. The average Bonchev–Trinajstić information content (AvgIpc) is 3.27. The molecule has 1 aromatic heterocycles. The predicted molar refractivity (Wildman–Crippen MR) is 103 cm³/mol. The number of amides is 3. The first-order valence-corrected chi connectivity index (χ1v) is 9.69. The number of benzene rings is 1. The largest absolute Gasteiger partial charge is 0.472 e. The summed E-state index contributed by atoms with van der Waals surface area (Å²) in [5, 5.41) is 5.59. The summed E-state index contributed by atoms with van der Waals surface area (Å²) in [6.07, 6.45) is 4.39. The lowest BCUT2D eigenvalue weighted by Gasteiger charge is -2.35. The Balaban J connectivity index is 1.34. The summed E-state index contributed by atoms with van der Waals surface area (Å²) < 4.78 is 18.6. The number of likely N-dealkylation sites (tertiary alicyclic amines) is 1. The monoisotopic (exact) mass is 399 g/mol. The van der Waals surface area contributed by atoms with Gasteiger partial charge in [-0.15, -0.1) is 0 Å². The molecule has 2 N–H and O–H groups in total. The zero-order chi connectivity index (χ0) is 20.4. The van der Waals surface area contributed by atoms with Crippen LogP contribution in [0.2, 0.25) is 0 Å². The molecule has 1 atom stereocenters. The van der Waals surface area contributed by atoms with Crippen molar-refractivity contribution in [1.29, 1.82) is 0 Å². The Morgan fingerprint density at radius 2 is 2.03 bits per heavy atom. The van der Waals surface area contributed by atoms with E-state index >= 15 is 0 Å². The molecule has 0 bridgehead atoms. The summed E-state index contributed by atoms with van der Waals surface area (Å²) in [4.78, 5) is 38.8. The molecule has 29 heavy (non-hydrogen) atoms. The van der Waals surface area contributed by atoms with Crippen LogP contribution in [-0.4, -0.2) is 42.3 Å². The van der Waals surface area contributed by atoms with E-state index in [1.54, 1.807) is 11.0 Å². The summed E-state index contributed by atoms with van der Waals surface area (Å²) in [5.41, 5.74) is 1.51. The molecule has 2 aliphatic heterocycles. The molecule has 152 valence electrons. The molecule has 8 heteroatoms. The summed E-state index contributed by atoms with van der Waals surface area (Å²) >= 11 is 0. The van der Waals surface area contributed by atoms with E-state index in [9.17, 15) is 18.8 Å². The second kappa shape index (κ2) is 8.06. The van der Waals surface area contributed by atoms with Crippen LogP contribution in [0.4, 0.5) is 10.1 Å². The van der Waals surface area contributed by atoms with Crippen molar-refractivity contribution in [3.05, 3.63) is 53.7 Å². The molecule has 7 nitrogen and oxygen atoms in total. The number of hydrogen-bond donors (Lipinski definition) is 2. The summed E-state index contributed by atoms with van der Waals surface area (Å²) in [6, 6.07) is 5.71. The molecule has 2 aromatic rings. The van der Waals surface area contributed by atoms with Crippen molar-refractivity contribution in [2.45, 2.75) is 25.2 Å². The molecule has 4 rings (SSSR count). The fourth-order valence-electron chi connectivity index (χ4n) is 3.96. The third-order valence-electron chi connectivity index (χ3n) is 5.61. The van der Waals surface area contributed by atoms with E-state index in [4.69, 9.17) is 4.42 Å². The molecule has 0 radical (unpaired) electrons. The highest BCUT2D eigenvalue weighted by molar-refractivity contribution is 6.01. The molecule has 3 heterocycles. The quantitative estimate of drug-likeness (QED) is 0.826. The number of anilines is 1. The molecular weight excluding hydrogens is 377 g/mol. The molecule has 1 unspecified atom stereocenters. The van der Waals surface area contributed by atoms with Gasteiger partial charge in [0, 0.05) is 31.7 Å². The first-order chi connectivity index (χ1) is 14.0. The Morgan fingerprint density at radius 3 is 2.76 bits per heavy atom. The fourth-order valence-corrected chi connectivity index (χ4v) is 3.96. The maximum Gasteiger partial charge on any atom is 0.254 e. The number of fused-ring (bicyclic) bond motifs is 1. The van der Waals surface area contributed by atoms with Crippen molar-refractivity contribution in [2.24, 2.45) is 5.92 Å². The van der Waals surface area contributed by atoms with Crippen LogP contribution >= 0.6 is 0 Å². The van der Waals surface area contributed by atoms with E-state index in [1.807, 2.05) is 0 Å². The third kappa shape index (κ3) is 4.16. The minimum absolute atomic E-state index is 0.0238. The van der Waals surface area contributed by atoms with Gasteiger partial charge < -0.3 is 20.0 Å². The van der Waals surface area contributed by atoms with Gasteiger partial charge in [0.05, 0.1) is 17.7 Å². The van der Waals surface area contributed by atoms with Gasteiger partial charge in [-0.3, -0.25) is 14.4 Å². The summed E-state index contributed by atoms with van der Waals surface area (Å²) in [7, 11) is 0. The van der Waals surface area contributed by atoms with Crippen molar-refractivity contribution in [1.82, 2.24) is 10.2 Å². The van der Waals surface area contributed by atoms with Crippen LogP contribution in [0.15, 0.2) is 41.2 Å². The molecule has 0 aliphatic carbocycles. The van der Waals surface area contributed by atoms with Crippen molar-refractivity contribution in [2.75, 3.05) is 25.0 Å².